The number of rotatable bonds is 5. The van der Waals surface area contributed by atoms with E-state index >= 15 is 0 Å². The van der Waals surface area contributed by atoms with Gasteiger partial charge in [-0.1, -0.05) is 6.07 Å². The first-order chi connectivity index (χ1) is 15.7. The van der Waals surface area contributed by atoms with Crippen LogP contribution in [0.3, 0.4) is 0 Å². The van der Waals surface area contributed by atoms with Gasteiger partial charge in [0.2, 0.25) is 21.8 Å². The highest BCUT2D eigenvalue weighted by atomic mass is 32.2. The Bertz CT molecular complexity index is 1150. The smallest absolute Gasteiger partial charge is 0.241 e. The number of hydrogen-bond donors (Lipinski definition) is 2. The SMILES string of the molecule is N#CC1CCCN1C(=O)C(N)CN1C[C@@H]2CC1C(=O)N2C1CCc2cc(S(N)(=O)=O)ccc21. The summed E-state index contributed by atoms with van der Waals surface area (Å²) in [7, 11) is -3.77. The van der Waals surface area contributed by atoms with Gasteiger partial charge in [0.25, 0.3) is 0 Å². The zero-order chi connectivity index (χ0) is 23.5. The first-order valence-electron chi connectivity index (χ1n) is 11.4. The molecule has 10 nitrogen and oxygen atoms in total. The molecule has 3 fully saturated rings. The molecule has 5 rings (SSSR count). The number of amides is 2. The highest BCUT2D eigenvalue weighted by Gasteiger charge is 2.53. The van der Waals surface area contributed by atoms with Gasteiger partial charge >= 0.3 is 0 Å². The van der Waals surface area contributed by atoms with Crippen LogP contribution in [-0.2, 0) is 26.0 Å². The number of sulfonamides is 1. The molecule has 176 valence electrons. The van der Waals surface area contributed by atoms with Crippen molar-refractivity contribution in [3.8, 4) is 6.07 Å². The van der Waals surface area contributed by atoms with Crippen molar-refractivity contribution in [3.05, 3.63) is 29.3 Å². The lowest BCUT2D eigenvalue weighted by atomic mass is 10.1. The molecule has 5 atom stereocenters. The molecule has 0 aromatic heterocycles. The van der Waals surface area contributed by atoms with Gasteiger partial charge in [0.1, 0.15) is 6.04 Å². The third-order valence-electron chi connectivity index (χ3n) is 7.57. The molecule has 1 aromatic rings. The van der Waals surface area contributed by atoms with Gasteiger partial charge in [0, 0.05) is 25.7 Å². The summed E-state index contributed by atoms with van der Waals surface area (Å²) in [6.07, 6.45) is 3.63. The first-order valence-corrected chi connectivity index (χ1v) is 12.9. The van der Waals surface area contributed by atoms with E-state index in [0.29, 0.717) is 38.9 Å². The third-order valence-corrected chi connectivity index (χ3v) is 8.48. The van der Waals surface area contributed by atoms with Gasteiger partial charge < -0.3 is 15.5 Å². The topological polar surface area (TPSA) is 154 Å². The van der Waals surface area contributed by atoms with E-state index in [1.165, 1.54) is 6.07 Å². The van der Waals surface area contributed by atoms with Gasteiger partial charge in [-0.2, -0.15) is 5.26 Å². The van der Waals surface area contributed by atoms with Gasteiger partial charge in [-0.3, -0.25) is 14.5 Å². The normalized spacial score (nSPS) is 30.0. The predicted octanol–water partition coefficient (Wildman–Crippen LogP) is -0.552. The molecule has 2 amide bonds. The molecule has 3 aliphatic heterocycles. The van der Waals surface area contributed by atoms with Gasteiger partial charge in [-0.15, -0.1) is 0 Å². The molecule has 11 heteroatoms. The highest BCUT2D eigenvalue weighted by Crippen LogP contribution is 2.44. The van der Waals surface area contributed by atoms with Crippen molar-refractivity contribution in [2.24, 2.45) is 10.9 Å². The van der Waals surface area contributed by atoms with E-state index < -0.39 is 22.1 Å². The maximum absolute atomic E-state index is 13.3. The van der Waals surface area contributed by atoms with Crippen molar-refractivity contribution in [2.45, 2.75) is 67.2 Å². The van der Waals surface area contributed by atoms with Crippen molar-refractivity contribution in [1.29, 1.82) is 5.26 Å². The van der Waals surface area contributed by atoms with Gasteiger partial charge in [-0.05, 0) is 55.4 Å². The predicted molar refractivity (Wildman–Crippen MR) is 118 cm³/mol. The van der Waals surface area contributed by atoms with Crippen LogP contribution in [0.2, 0.25) is 0 Å². The lowest BCUT2D eigenvalue weighted by Gasteiger charge is -2.38. The Morgan fingerprint density at radius 1 is 1.27 bits per heavy atom. The second-order valence-corrected chi connectivity index (χ2v) is 11.1. The average Bonchev–Trinajstić information content (AvgIpc) is 3.54. The number of hydrogen-bond acceptors (Lipinski definition) is 7. The van der Waals surface area contributed by atoms with Crippen LogP contribution in [0.25, 0.3) is 0 Å². The number of piperazine rings is 1. The maximum atomic E-state index is 13.3. The number of nitrogens with two attached hydrogens (primary N) is 2. The molecule has 1 aliphatic carbocycles. The van der Waals surface area contributed by atoms with E-state index in [2.05, 4.69) is 6.07 Å². The fourth-order valence-electron chi connectivity index (χ4n) is 6.05. The van der Waals surface area contributed by atoms with Crippen molar-refractivity contribution in [1.82, 2.24) is 14.7 Å². The summed E-state index contributed by atoms with van der Waals surface area (Å²) in [5.41, 5.74) is 8.12. The zero-order valence-electron chi connectivity index (χ0n) is 18.3. The Morgan fingerprint density at radius 2 is 2.06 bits per heavy atom. The number of carbonyl (C=O) groups is 2. The number of nitrogens with zero attached hydrogens (tertiary/aromatic N) is 4. The number of benzene rings is 1. The Kier molecular flexibility index (Phi) is 5.44. The third kappa shape index (κ3) is 3.71. The molecule has 0 radical (unpaired) electrons. The second-order valence-electron chi connectivity index (χ2n) is 9.49. The Hall–Kier alpha value is -2.52. The van der Waals surface area contributed by atoms with Gasteiger partial charge in [-0.25, -0.2) is 13.6 Å². The molecule has 4 unspecified atom stereocenters. The number of aryl methyl sites for hydroxylation is 1. The quantitative estimate of drug-likeness (QED) is 0.583. The monoisotopic (exact) mass is 472 g/mol. The molecular formula is C22H28N6O4S. The molecule has 4 aliphatic rings. The first kappa shape index (κ1) is 22.3. The fourth-order valence-corrected chi connectivity index (χ4v) is 6.61. The second kappa shape index (κ2) is 8.06. The molecule has 3 heterocycles. The Balaban J connectivity index is 1.26. The standard InChI is InChI=1S/C22H28N6O4S/c23-10-14-2-1-7-27(14)21(29)18(24)12-26-11-15-9-20(26)22(30)28(15)19-6-3-13-8-16(33(25,31)32)4-5-17(13)19/h4-5,8,14-15,18-20H,1-3,6-7,9,11-12,24H2,(H2,25,31,32)/t14?,15-,18?,19?,20?/m0/s1. The molecule has 0 saturated carbocycles. The zero-order valence-corrected chi connectivity index (χ0v) is 19.1. The van der Waals surface area contributed by atoms with Crippen LogP contribution in [0.15, 0.2) is 23.1 Å². The van der Waals surface area contributed by atoms with Crippen LogP contribution in [-0.4, -0.2) is 78.7 Å². The number of carbonyl (C=O) groups excluding carboxylic acids is 2. The van der Waals surface area contributed by atoms with Crippen molar-refractivity contribution < 1.29 is 18.0 Å². The molecule has 0 spiro atoms. The van der Waals surface area contributed by atoms with Crippen molar-refractivity contribution in [3.63, 3.8) is 0 Å². The summed E-state index contributed by atoms with van der Waals surface area (Å²) in [5, 5.41) is 14.5. The molecule has 4 N–H and O–H groups in total. The summed E-state index contributed by atoms with van der Waals surface area (Å²) in [5.74, 6) is -0.183. The Labute approximate surface area is 193 Å². The fraction of sp³-hybridized carbons (Fsp3) is 0.591. The lowest BCUT2D eigenvalue weighted by Crippen LogP contribution is -2.56. The van der Waals surface area contributed by atoms with Gasteiger partial charge in [0.05, 0.1) is 29.1 Å². The summed E-state index contributed by atoms with van der Waals surface area (Å²) >= 11 is 0. The molecule has 2 bridgehead atoms. The van der Waals surface area contributed by atoms with E-state index in [9.17, 15) is 23.3 Å². The summed E-state index contributed by atoms with van der Waals surface area (Å²) < 4.78 is 23.3. The van der Waals surface area contributed by atoms with Crippen LogP contribution in [0.4, 0.5) is 0 Å². The molecular weight excluding hydrogens is 444 g/mol. The number of fused-ring (bicyclic) bond motifs is 3. The maximum Gasteiger partial charge on any atom is 0.241 e. The lowest BCUT2D eigenvalue weighted by molar-refractivity contribution is -0.141. The minimum Gasteiger partial charge on any atom is -0.330 e. The van der Waals surface area contributed by atoms with E-state index in [-0.39, 0.29) is 34.8 Å². The highest BCUT2D eigenvalue weighted by molar-refractivity contribution is 7.89. The van der Waals surface area contributed by atoms with Crippen LogP contribution in [0.1, 0.15) is 42.9 Å². The van der Waals surface area contributed by atoms with E-state index in [1.54, 1.807) is 17.0 Å². The van der Waals surface area contributed by atoms with Crippen molar-refractivity contribution in [2.75, 3.05) is 19.6 Å². The minimum atomic E-state index is -3.77. The van der Waals surface area contributed by atoms with E-state index in [1.807, 2.05) is 9.80 Å². The molecule has 3 saturated heterocycles. The summed E-state index contributed by atoms with van der Waals surface area (Å²) in [6, 6.07) is 5.57. The average molecular weight is 473 g/mol. The van der Waals surface area contributed by atoms with E-state index in [0.717, 1.165) is 24.0 Å². The Morgan fingerprint density at radius 3 is 2.76 bits per heavy atom. The van der Waals surface area contributed by atoms with Crippen LogP contribution >= 0.6 is 0 Å². The summed E-state index contributed by atoms with van der Waals surface area (Å²) in [4.78, 5) is 31.7. The minimum absolute atomic E-state index is 0.0374. The number of nitriles is 1. The number of primary sulfonamides is 1. The van der Waals surface area contributed by atoms with Crippen LogP contribution < -0.4 is 10.9 Å². The van der Waals surface area contributed by atoms with Crippen molar-refractivity contribution >= 4 is 21.8 Å². The van der Waals surface area contributed by atoms with Crippen LogP contribution in [0.5, 0.6) is 0 Å². The largest absolute Gasteiger partial charge is 0.330 e. The number of likely N-dealkylation sites (tertiary alicyclic amines) is 3. The van der Waals surface area contributed by atoms with Crippen LogP contribution in [0, 0.1) is 11.3 Å². The van der Waals surface area contributed by atoms with Gasteiger partial charge in [0.15, 0.2) is 0 Å². The van der Waals surface area contributed by atoms with E-state index in [4.69, 9.17) is 10.9 Å². The summed E-state index contributed by atoms with van der Waals surface area (Å²) in [6.45, 7) is 1.51. The molecule has 33 heavy (non-hydrogen) atoms. The molecule has 1 aromatic carbocycles.